The van der Waals surface area contributed by atoms with Crippen LogP contribution in [0.1, 0.15) is 10.4 Å². The number of carbonyl (C=O) groups is 1. The fourth-order valence-electron chi connectivity index (χ4n) is 1.40. The minimum atomic E-state index is -0.721. The molecule has 11 heteroatoms. The first-order valence-electron chi connectivity index (χ1n) is 5.17. The number of amides is 1. The first-order valence-corrected chi connectivity index (χ1v) is 5.55. The summed E-state index contributed by atoms with van der Waals surface area (Å²) in [6.45, 7) is 0. The number of nitro groups is 1. The molecule has 0 unspecified atom stereocenters. The number of non-ortho nitro benzene ring substituents is 1. The van der Waals surface area contributed by atoms with Gasteiger partial charge in [-0.25, -0.2) is 0 Å². The molecule has 1 aromatic carbocycles. The lowest BCUT2D eigenvalue weighted by Gasteiger charge is -2.06. The van der Waals surface area contributed by atoms with Gasteiger partial charge in [-0.05, 0) is 5.21 Å². The molecule has 0 atom stereocenters. The minimum absolute atomic E-state index is 0.0560. The number of nitrogens with two attached hydrogens (primary N) is 1. The number of nitrogens with one attached hydrogen (secondary N) is 1. The average Bonchev–Trinajstić information content (AvgIpc) is 2.77. The van der Waals surface area contributed by atoms with Gasteiger partial charge >= 0.3 is 0 Å². The Bertz CT molecular complexity index is 699. The van der Waals surface area contributed by atoms with E-state index in [2.05, 4.69) is 20.7 Å². The van der Waals surface area contributed by atoms with Gasteiger partial charge in [-0.2, -0.15) is 4.80 Å². The van der Waals surface area contributed by atoms with Gasteiger partial charge in [-0.15, -0.1) is 5.10 Å². The van der Waals surface area contributed by atoms with Gasteiger partial charge in [0, 0.05) is 12.1 Å². The van der Waals surface area contributed by atoms with E-state index in [1.807, 2.05) is 0 Å². The van der Waals surface area contributed by atoms with Gasteiger partial charge in [0.1, 0.15) is 0 Å². The summed E-state index contributed by atoms with van der Waals surface area (Å²) in [5.41, 5.74) is 5.08. The Morgan fingerprint density at radius 1 is 1.55 bits per heavy atom. The second-order valence-corrected chi connectivity index (χ2v) is 4.11. The van der Waals surface area contributed by atoms with Crippen LogP contribution < -0.4 is 11.1 Å². The van der Waals surface area contributed by atoms with Crippen LogP contribution in [0.2, 0.25) is 5.02 Å². The number of hydrogen-bond acceptors (Lipinski definition) is 7. The third-order valence-electron chi connectivity index (χ3n) is 2.30. The third-order valence-corrected chi connectivity index (χ3v) is 2.62. The second-order valence-electron chi connectivity index (χ2n) is 3.70. The number of nitrogen functional groups attached to an aromatic ring is 1. The lowest BCUT2D eigenvalue weighted by atomic mass is 10.1. The maximum atomic E-state index is 12.0. The van der Waals surface area contributed by atoms with Crippen LogP contribution in [-0.2, 0) is 7.05 Å². The monoisotopic (exact) mass is 297 g/mol. The Hall–Kier alpha value is -2.75. The van der Waals surface area contributed by atoms with Crippen molar-refractivity contribution < 1.29 is 9.72 Å². The highest BCUT2D eigenvalue weighted by molar-refractivity contribution is 6.34. The van der Waals surface area contributed by atoms with Crippen LogP contribution in [-0.4, -0.2) is 31.0 Å². The highest BCUT2D eigenvalue weighted by Gasteiger charge is 2.19. The van der Waals surface area contributed by atoms with Crippen LogP contribution in [0.15, 0.2) is 12.1 Å². The molecule has 0 saturated carbocycles. The Morgan fingerprint density at radius 2 is 2.25 bits per heavy atom. The first-order chi connectivity index (χ1) is 9.38. The maximum Gasteiger partial charge on any atom is 0.271 e. The summed E-state index contributed by atoms with van der Waals surface area (Å²) >= 11 is 5.76. The first kappa shape index (κ1) is 13.7. The molecule has 3 N–H and O–H groups in total. The van der Waals surface area contributed by atoms with Gasteiger partial charge in [-0.1, -0.05) is 16.7 Å². The molecule has 2 rings (SSSR count). The van der Waals surface area contributed by atoms with E-state index in [1.54, 1.807) is 0 Å². The van der Waals surface area contributed by atoms with E-state index in [0.717, 1.165) is 16.9 Å². The molecule has 0 aliphatic rings. The number of aromatic nitrogens is 4. The van der Waals surface area contributed by atoms with Crippen molar-refractivity contribution in [3.05, 3.63) is 32.8 Å². The zero-order chi connectivity index (χ0) is 14.9. The van der Waals surface area contributed by atoms with Gasteiger partial charge in [0.05, 0.1) is 28.2 Å². The van der Waals surface area contributed by atoms with Crippen LogP contribution in [0.4, 0.5) is 17.3 Å². The number of aryl methyl sites for hydroxylation is 1. The molecule has 0 radical (unpaired) electrons. The molecule has 2 aromatic rings. The van der Waals surface area contributed by atoms with Gasteiger partial charge in [0.25, 0.3) is 17.5 Å². The van der Waals surface area contributed by atoms with E-state index in [1.165, 1.54) is 7.05 Å². The lowest BCUT2D eigenvalue weighted by molar-refractivity contribution is -0.384. The Balaban J connectivity index is 2.36. The molecule has 0 spiro atoms. The van der Waals surface area contributed by atoms with Crippen LogP contribution in [0.3, 0.4) is 0 Å². The SMILES string of the molecule is Cn1nnc(NC(=O)c2cc([N+](=O)[O-])cc(Cl)c2N)n1. The van der Waals surface area contributed by atoms with Crippen molar-refractivity contribution in [2.75, 3.05) is 11.1 Å². The molecule has 0 aliphatic carbocycles. The quantitative estimate of drug-likeness (QED) is 0.480. The normalized spacial score (nSPS) is 10.3. The number of hydrogen-bond donors (Lipinski definition) is 2. The summed E-state index contributed by atoms with van der Waals surface area (Å²) in [6, 6.07) is 2.08. The molecule has 10 nitrogen and oxygen atoms in total. The Morgan fingerprint density at radius 3 is 2.80 bits per heavy atom. The number of nitro benzene ring substituents is 1. The van der Waals surface area contributed by atoms with Crippen molar-refractivity contribution in [2.45, 2.75) is 0 Å². The molecule has 0 bridgehead atoms. The van der Waals surface area contributed by atoms with Crippen LogP contribution in [0.25, 0.3) is 0 Å². The third kappa shape index (κ3) is 2.64. The molecule has 0 saturated heterocycles. The molecule has 1 aromatic heterocycles. The van der Waals surface area contributed by atoms with E-state index in [9.17, 15) is 14.9 Å². The van der Waals surface area contributed by atoms with Crippen LogP contribution in [0, 0.1) is 10.1 Å². The predicted molar refractivity (Wildman–Crippen MR) is 69.3 cm³/mol. The smallest absolute Gasteiger partial charge is 0.271 e. The van der Waals surface area contributed by atoms with Crippen LogP contribution in [0.5, 0.6) is 0 Å². The summed E-state index contributed by atoms with van der Waals surface area (Å²) in [6.07, 6.45) is 0. The standard InChI is InChI=1S/C9H8ClN7O3/c1-16-14-9(13-15-16)12-8(18)5-2-4(17(19)20)3-6(10)7(5)11/h2-3H,11H2,1H3,(H,12,14,18). The van der Waals surface area contributed by atoms with Crippen molar-refractivity contribution in [1.82, 2.24) is 20.2 Å². The largest absolute Gasteiger partial charge is 0.397 e. The summed E-state index contributed by atoms with van der Waals surface area (Å²) in [5, 5.41) is 23.8. The maximum absolute atomic E-state index is 12.0. The Kier molecular flexibility index (Phi) is 3.48. The van der Waals surface area contributed by atoms with Crippen molar-refractivity contribution in [3.8, 4) is 0 Å². The highest BCUT2D eigenvalue weighted by Crippen LogP contribution is 2.29. The molecule has 0 fully saturated rings. The summed E-state index contributed by atoms with van der Waals surface area (Å²) in [4.78, 5) is 23.2. The second kappa shape index (κ2) is 5.09. The fraction of sp³-hybridized carbons (Fsp3) is 0.111. The van der Waals surface area contributed by atoms with Gasteiger partial charge < -0.3 is 5.73 Å². The molecule has 104 valence electrons. The lowest BCUT2D eigenvalue weighted by Crippen LogP contribution is -2.16. The van der Waals surface area contributed by atoms with Gasteiger partial charge in [-0.3, -0.25) is 20.2 Å². The topological polar surface area (TPSA) is 142 Å². The number of carbonyl (C=O) groups excluding carboxylic acids is 1. The van der Waals surface area contributed by atoms with E-state index < -0.39 is 10.8 Å². The summed E-state index contributed by atoms with van der Waals surface area (Å²) < 4.78 is 0. The molecule has 1 heterocycles. The van der Waals surface area contributed by atoms with Crippen molar-refractivity contribution in [2.24, 2.45) is 7.05 Å². The van der Waals surface area contributed by atoms with E-state index in [0.29, 0.717) is 0 Å². The van der Waals surface area contributed by atoms with E-state index >= 15 is 0 Å². The zero-order valence-corrected chi connectivity index (χ0v) is 10.8. The number of anilines is 2. The number of benzene rings is 1. The van der Waals surface area contributed by atoms with E-state index in [-0.39, 0.29) is 27.9 Å². The number of halogens is 1. The fourth-order valence-corrected chi connectivity index (χ4v) is 1.61. The zero-order valence-electron chi connectivity index (χ0n) is 10.1. The summed E-state index contributed by atoms with van der Waals surface area (Å²) in [5.74, 6) is -0.777. The number of nitrogens with zero attached hydrogens (tertiary/aromatic N) is 5. The molecular formula is C9H8ClN7O3. The number of rotatable bonds is 3. The molecule has 20 heavy (non-hydrogen) atoms. The Labute approximate surface area is 116 Å². The number of tetrazole rings is 1. The molecular weight excluding hydrogens is 290 g/mol. The van der Waals surface area contributed by atoms with Gasteiger partial charge in [0.2, 0.25) is 0 Å². The highest BCUT2D eigenvalue weighted by atomic mass is 35.5. The minimum Gasteiger partial charge on any atom is -0.397 e. The van der Waals surface area contributed by atoms with Crippen molar-refractivity contribution in [1.29, 1.82) is 0 Å². The average molecular weight is 298 g/mol. The van der Waals surface area contributed by atoms with Crippen LogP contribution >= 0.6 is 11.6 Å². The predicted octanol–water partition coefficient (Wildman–Crippen LogP) is 0.606. The summed E-state index contributed by atoms with van der Waals surface area (Å²) in [7, 11) is 1.52. The molecule has 0 aliphatic heterocycles. The van der Waals surface area contributed by atoms with Crippen molar-refractivity contribution >= 4 is 34.8 Å². The van der Waals surface area contributed by atoms with Gasteiger partial charge in [0.15, 0.2) is 0 Å². The van der Waals surface area contributed by atoms with E-state index in [4.69, 9.17) is 17.3 Å². The van der Waals surface area contributed by atoms with Crippen molar-refractivity contribution in [3.63, 3.8) is 0 Å². The molecule has 1 amide bonds.